The molecule has 152 valence electrons. The predicted octanol–water partition coefficient (Wildman–Crippen LogP) is 1.89. The van der Waals surface area contributed by atoms with E-state index in [1.807, 2.05) is 0 Å². The van der Waals surface area contributed by atoms with Crippen LogP contribution in [0.15, 0.2) is 59.8 Å². The van der Waals surface area contributed by atoms with E-state index in [0.717, 1.165) is 0 Å². The lowest BCUT2D eigenvalue weighted by Crippen LogP contribution is -2.51. The number of hydrogen-bond acceptors (Lipinski definition) is 7. The molecule has 7 nitrogen and oxygen atoms in total. The van der Waals surface area contributed by atoms with Gasteiger partial charge in [-0.1, -0.05) is 18.2 Å². The van der Waals surface area contributed by atoms with E-state index in [0.29, 0.717) is 21.7 Å². The average Bonchev–Trinajstić information content (AvgIpc) is 2.74. The molecule has 1 unspecified atom stereocenters. The van der Waals surface area contributed by atoms with Crippen LogP contribution in [0.2, 0.25) is 0 Å². The maximum Gasteiger partial charge on any atom is 0.181 e. The van der Waals surface area contributed by atoms with Crippen molar-refractivity contribution >= 4 is 17.2 Å². The van der Waals surface area contributed by atoms with Crippen molar-refractivity contribution in [3.8, 4) is 22.4 Å². The van der Waals surface area contributed by atoms with E-state index < -0.39 is 35.9 Å². The zero-order valence-corrected chi connectivity index (χ0v) is 16.5. The van der Waals surface area contributed by atoms with Gasteiger partial charge in [-0.25, -0.2) is 9.37 Å². The van der Waals surface area contributed by atoms with Gasteiger partial charge in [0.2, 0.25) is 0 Å². The van der Waals surface area contributed by atoms with E-state index in [1.54, 1.807) is 43.3 Å². The summed E-state index contributed by atoms with van der Waals surface area (Å²) in [4.78, 5) is 8.41. The van der Waals surface area contributed by atoms with Crippen LogP contribution in [0.25, 0.3) is 22.4 Å². The van der Waals surface area contributed by atoms with Gasteiger partial charge in [-0.3, -0.25) is 4.98 Å². The molecule has 3 rings (SSSR count). The van der Waals surface area contributed by atoms with Gasteiger partial charge in [0.1, 0.15) is 17.2 Å². The van der Waals surface area contributed by atoms with Gasteiger partial charge in [-0.15, -0.1) is 4.72 Å². The Hall–Kier alpha value is -2.56. The van der Waals surface area contributed by atoms with Crippen LogP contribution in [0.5, 0.6) is 0 Å². The molecule has 0 aliphatic rings. The molecule has 0 spiro atoms. The molecule has 1 heterocycles. The second kappa shape index (κ2) is 8.85. The first kappa shape index (κ1) is 21.2. The molecule has 0 bridgehead atoms. The van der Waals surface area contributed by atoms with Gasteiger partial charge in [0.05, 0.1) is 42.7 Å². The number of nitrogen functional groups attached to an aromatic ring is 1. The van der Waals surface area contributed by atoms with Gasteiger partial charge in [0.15, 0.2) is 4.90 Å². The van der Waals surface area contributed by atoms with Crippen LogP contribution < -0.4 is 10.5 Å². The second-order valence-corrected chi connectivity index (χ2v) is 7.95. The lowest BCUT2D eigenvalue weighted by atomic mass is 10.0. The number of benzene rings is 2. The third-order valence-electron chi connectivity index (χ3n) is 4.35. The Morgan fingerprint density at radius 1 is 1.10 bits per heavy atom. The molecule has 0 saturated heterocycles. The topological polar surface area (TPSA) is 127 Å². The number of halogens is 1. The third kappa shape index (κ3) is 4.72. The van der Waals surface area contributed by atoms with Crippen molar-refractivity contribution in [1.29, 1.82) is 0 Å². The van der Waals surface area contributed by atoms with E-state index >= 15 is 0 Å². The third-order valence-corrected chi connectivity index (χ3v) is 5.79. The van der Waals surface area contributed by atoms with E-state index in [2.05, 4.69) is 14.7 Å². The molecular formula is C20H21FN4O3S. The normalized spacial score (nSPS) is 12.7. The molecule has 0 aliphatic heterocycles. The molecule has 5 N–H and O–H groups in total. The standard InChI is InChI=1S/C20H21FN4O3S/c1-20(11-26,12-27)25-29(28)18-5-3-2-4-14(18)13-6-7-15(16(21)8-13)17-9-24-19(22)10-23-17/h2-10,25-27H,11-12H2,1H3,(H2,22,24). The Balaban J connectivity index is 1.95. The Bertz CT molecular complexity index is 984. The van der Waals surface area contributed by atoms with Crippen molar-refractivity contribution in [3.63, 3.8) is 0 Å². The van der Waals surface area contributed by atoms with Gasteiger partial charge < -0.3 is 20.5 Å². The summed E-state index contributed by atoms with van der Waals surface area (Å²) >= 11 is -1.74. The number of nitrogens with one attached hydrogen (secondary N) is 1. The van der Waals surface area contributed by atoms with Crippen LogP contribution in [0, 0.1) is 5.82 Å². The van der Waals surface area contributed by atoms with Crippen molar-refractivity contribution in [2.24, 2.45) is 0 Å². The molecule has 0 amide bonds. The molecular weight excluding hydrogens is 395 g/mol. The van der Waals surface area contributed by atoms with E-state index in [1.165, 1.54) is 18.5 Å². The number of nitrogens with two attached hydrogens (primary N) is 1. The molecule has 2 aromatic carbocycles. The highest BCUT2D eigenvalue weighted by Gasteiger charge is 2.30. The summed E-state index contributed by atoms with van der Waals surface area (Å²) in [5, 5.41) is 18.9. The Labute approximate surface area is 170 Å². The summed E-state index contributed by atoms with van der Waals surface area (Å²) in [5.41, 5.74) is 6.10. The summed E-state index contributed by atoms with van der Waals surface area (Å²) < 4.78 is 30.3. The molecule has 1 atom stereocenters. The number of hydrogen-bond donors (Lipinski definition) is 4. The molecule has 0 aliphatic carbocycles. The van der Waals surface area contributed by atoms with Crippen LogP contribution in [-0.4, -0.2) is 43.5 Å². The highest BCUT2D eigenvalue weighted by molar-refractivity contribution is 7.89. The van der Waals surface area contributed by atoms with E-state index in [4.69, 9.17) is 5.73 Å². The number of nitrogens with zero attached hydrogens (tertiary/aromatic N) is 2. The van der Waals surface area contributed by atoms with Gasteiger partial charge in [0.25, 0.3) is 0 Å². The quantitative estimate of drug-likeness (QED) is 0.433. The molecule has 29 heavy (non-hydrogen) atoms. The molecule has 3 aromatic rings. The van der Waals surface area contributed by atoms with Gasteiger partial charge in [-0.05, 0) is 36.8 Å². The minimum absolute atomic E-state index is 0.243. The van der Waals surface area contributed by atoms with Crippen molar-refractivity contribution in [1.82, 2.24) is 14.7 Å². The fourth-order valence-corrected chi connectivity index (χ4v) is 3.90. The Morgan fingerprint density at radius 2 is 1.83 bits per heavy atom. The number of aromatic nitrogens is 2. The predicted molar refractivity (Wildman–Crippen MR) is 109 cm³/mol. The summed E-state index contributed by atoms with van der Waals surface area (Å²) in [6.07, 6.45) is 2.75. The summed E-state index contributed by atoms with van der Waals surface area (Å²) in [6, 6.07) is 11.4. The van der Waals surface area contributed by atoms with Crippen LogP contribution in [0.4, 0.5) is 10.2 Å². The van der Waals surface area contributed by atoms with E-state index in [9.17, 15) is 19.2 Å². The zero-order chi connectivity index (χ0) is 21.0. The minimum atomic E-state index is -1.74. The first-order chi connectivity index (χ1) is 13.9. The number of rotatable bonds is 7. The maximum absolute atomic E-state index is 14.8. The largest absolute Gasteiger partial charge is 0.593 e. The second-order valence-electron chi connectivity index (χ2n) is 6.76. The maximum atomic E-state index is 14.8. The molecule has 1 aromatic heterocycles. The van der Waals surface area contributed by atoms with Crippen molar-refractivity contribution < 1.29 is 19.2 Å². The SMILES string of the molecule is CC(CO)(CO)N[S+]([O-])c1ccccc1-c1ccc(-c2cnc(N)cn2)c(F)c1. The lowest BCUT2D eigenvalue weighted by Gasteiger charge is -2.26. The summed E-state index contributed by atoms with van der Waals surface area (Å²) in [6.45, 7) is 0.752. The molecule has 0 saturated carbocycles. The fraction of sp³-hybridized carbons (Fsp3) is 0.200. The summed E-state index contributed by atoms with van der Waals surface area (Å²) in [5.74, 6) is -0.266. The Morgan fingerprint density at radius 3 is 2.45 bits per heavy atom. The molecule has 9 heteroatoms. The highest BCUT2D eigenvalue weighted by Crippen LogP contribution is 2.31. The number of anilines is 1. The van der Waals surface area contributed by atoms with Gasteiger partial charge in [-0.2, -0.15) is 0 Å². The van der Waals surface area contributed by atoms with Crippen LogP contribution >= 0.6 is 0 Å². The van der Waals surface area contributed by atoms with Gasteiger partial charge in [0, 0.05) is 11.1 Å². The minimum Gasteiger partial charge on any atom is -0.593 e. The monoisotopic (exact) mass is 416 g/mol. The van der Waals surface area contributed by atoms with Crippen LogP contribution in [0.1, 0.15) is 6.92 Å². The zero-order valence-electron chi connectivity index (χ0n) is 15.7. The first-order valence-electron chi connectivity index (χ1n) is 8.75. The van der Waals surface area contributed by atoms with Crippen LogP contribution in [-0.2, 0) is 11.4 Å². The van der Waals surface area contributed by atoms with Crippen molar-refractivity contribution in [2.75, 3.05) is 18.9 Å². The summed E-state index contributed by atoms with van der Waals surface area (Å²) in [7, 11) is 0. The van der Waals surface area contributed by atoms with Gasteiger partial charge >= 0.3 is 0 Å². The highest BCUT2D eigenvalue weighted by atomic mass is 32.2. The average molecular weight is 416 g/mol. The number of aliphatic hydroxyl groups excluding tert-OH is 2. The van der Waals surface area contributed by atoms with Crippen LogP contribution in [0.3, 0.4) is 0 Å². The fourth-order valence-electron chi connectivity index (χ4n) is 2.63. The van der Waals surface area contributed by atoms with E-state index in [-0.39, 0.29) is 11.4 Å². The number of aliphatic hydroxyl groups is 2. The van der Waals surface area contributed by atoms with Crippen molar-refractivity contribution in [3.05, 3.63) is 60.7 Å². The smallest absolute Gasteiger partial charge is 0.181 e. The van der Waals surface area contributed by atoms with Crippen molar-refractivity contribution in [2.45, 2.75) is 17.4 Å². The Kier molecular flexibility index (Phi) is 6.46. The molecule has 0 radical (unpaired) electrons. The lowest BCUT2D eigenvalue weighted by molar-refractivity contribution is 0.122. The molecule has 0 fully saturated rings. The first-order valence-corrected chi connectivity index (χ1v) is 9.90.